The zero-order chi connectivity index (χ0) is 15.8. The molecule has 0 aliphatic rings. The molecular formula is C12H11FN2O4S2. The number of nitrogens with zero attached hydrogens (tertiary/aromatic N) is 1. The number of carboxylic acids is 1. The highest BCUT2D eigenvalue weighted by Crippen LogP contribution is 2.32. The van der Waals surface area contributed by atoms with Crippen LogP contribution in [0.3, 0.4) is 0 Å². The average molecular weight is 330 g/mol. The van der Waals surface area contributed by atoms with Crippen LogP contribution in [0.1, 0.15) is 10.5 Å². The van der Waals surface area contributed by atoms with Gasteiger partial charge in [-0.05, 0) is 24.5 Å². The monoisotopic (exact) mass is 330 g/mol. The van der Waals surface area contributed by atoms with Crippen molar-refractivity contribution in [1.29, 1.82) is 0 Å². The molecule has 0 aliphatic heterocycles. The number of aromatic amines is 1. The molecular weight excluding hydrogens is 319 g/mol. The van der Waals surface area contributed by atoms with Crippen LogP contribution in [0.5, 0.6) is 0 Å². The number of hydrogen-bond acceptors (Lipinski definition) is 5. The molecule has 21 heavy (non-hydrogen) atoms. The Bertz CT molecular complexity index is 815. The third kappa shape index (κ3) is 3.08. The Morgan fingerprint density at radius 2 is 2.05 bits per heavy atom. The molecule has 2 N–H and O–H groups in total. The van der Waals surface area contributed by atoms with Gasteiger partial charge in [-0.25, -0.2) is 17.6 Å². The second-order valence-electron chi connectivity index (χ2n) is 4.23. The number of aromatic nitrogens is 2. The molecule has 0 spiro atoms. The van der Waals surface area contributed by atoms with Gasteiger partial charge in [0.05, 0.1) is 15.5 Å². The van der Waals surface area contributed by atoms with Crippen molar-refractivity contribution in [3.63, 3.8) is 0 Å². The normalized spacial score (nSPS) is 11.6. The predicted molar refractivity (Wildman–Crippen MR) is 75.8 cm³/mol. The van der Waals surface area contributed by atoms with E-state index in [-0.39, 0.29) is 26.7 Å². The van der Waals surface area contributed by atoms with Crippen molar-refractivity contribution in [2.24, 2.45) is 0 Å². The van der Waals surface area contributed by atoms with Crippen molar-refractivity contribution < 1.29 is 22.7 Å². The van der Waals surface area contributed by atoms with Gasteiger partial charge in [-0.15, -0.1) is 11.8 Å². The summed E-state index contributed by atoms with van der Waals surface area (Å²) in [5.74, 6) is -1.90. The zero-order valence-corrected chi connectivity index (χ0v) is 12.7. The third-order valence-corrected chi connectivity index (χ3v) is 4.79. The standard InChI is InChI=1S/C12H11FN2O4S2/c1-20-11-7(13)3-6(4-10(11)21(2,18)19)8-5-9(12(16)17)15-14-8/h3-5H,1-2H3,(H,14,15)(H,16,17). The average Bonchev–Trinajstić information content (AvgIpc) is 2.86. The van der Waals surface area contributed by atoms with Crippen LogP contribution in [0.25, 0.3) is 11.3 Å². The number of sulfone groups is 1. The minimum Gasteiger partial charge on any atom is -0.477 e. The largest absolute Gasteiger partial charge is 0.477 e. The van der Waals surface area contributed by atoms with E-state index in [0.29, 0.717) is 0 Å². The molecule has 1 heterocycles. The van der Waals surface area contributed by atoms with Crippen molar-refractivity contribution in [3.05, 3.63) is 29.7 Å². The van der Waals surface area contributed by atoms with Gasteiger partial charge < -0.3 is 5.11 Å². The molecule has 0 bridgehead atoms. The van der Waals surface area contributed by atoms with Gasteiger partial charge in [0.1, 0.15) is 11.5 Å². The topological polar surface area (TPSA) is 100 Å². The molecule has 0 saturated carbocycles. The quantitative estimate of drug-likeness (QED) is 0.832. The van der Waals surface area contributed by atoms with Crippen molar-refractivity contribution >= 4 is 27.6 Å². The van der Waals surface area contributed by atoms with E-state index in [1.807, 2.05) is 0 Å². The number of carboxylic acid groups (broad SMARTS) is 1. The lowest BCUT2D eigenvalue weighted by Gasteiger charge is -2.09. The van der Waals surface area contributed by atoms with Crippen molar-refractivity contribution in [3.8, 4) is 11.3 Å². The summed E-state index contributed by atoms with van der Waals surface area (Å²) in [4.78, 5) is 10.7. The van der Waals surface area contributed by atoms with E-state index >= 15 is 0 Å². The maximum absolute atomic E-state index is 14.1. The fourth-order valence-corrected chi connectivity index (χ4v) is 3.76. The summed E-state index contributed by atoms with van der Waals surface area (Å²) in [5.41, 5.74) is 0.179. The predicted octanol–water partition coefficient (Wildman–Crippen LogP) is 2.04. The molecule has 2 rings (SSSR count). The highest BCUT2D eigenvalue weighted by molar-refractivity contribution is 7.99. The van der Waals surface area contributed by atoms with Crippen LogP contribution < -0.4 is 0 Å². The summed E-state index contributed by atoms with van der Waals surface area (Å²) in [6, 6.07) is 3.62. The van der Waals surface area contributed by atoms with Crippen LogP contribution in [-0.2, 0) is 9.84 Å². The first-order valence-corrected chi connectivity index (χ1v) is 8.72. The highest BCUT2D eigenvalue weighted by Gasteiger charge is 2.20. The molecule has 9 heteroatoms. The molecule has 112 valence electrons. The highest BCUT2D eigenvalue weighted by atomic mass is 32.2. The number of hydrogen-bond donors (Lipinski definition) is 2. The maximum atomic E-state index is 14.1. The molecule has 0 saturated heterocycles. The summed E-state index contributed by atoms with van der Waals surface area (Å²) < 4.78 is 37.6. The SMILES string of the molecule is CSc1c(F)cc(-c2cc(C(=O)O)[nH]n2)cc1S(C)(=O)=O. The van der Waals surface area contributed by atoms with Gasteiger partial charge in [0.15, 0.2) is 9.84 Å². The van der Waals surface area contributed by atoms with Gasteiger partial charge >= 0.3 is 5.97 Å². The zero-order valence-electron chi connectivity index (χ0n) is 11.0. The second kappa shape index (κ2) is 5.49. The Morgan fingerprint density at radius 1 is 1.38 bits per heavy atom. The lowest BCUT2D eigenvalue weighted by molar-refractivity contribution is 0.0690. The Labute approximate surface area is 124 Å². The summed E-state index contributed by atoms with van der Waals surface area (Å²) in [6.45, 7) is 0. The second-order valence-corrected chi connectivity index (χ2v) is 7.03. The molecule has 1 aromatic carbocycles. The first-order chi connectivity index (χ1) is 9.74. The van der Waals surface area contributed by atoms with E-state index < -0.39 is 21.6 Å². The summed E-state index contributed by atoms with van der Waals surface area (Å²) in [7, 11) is -3.62. The van der Waals surface area contributed by atoms with E-state index in [1.54, 1.807) is 6.26 Å². The number of benzene rings is 1. The summed E-state index contributed by atoms with van der Waals surface area (Å²) >= 11 is 0.986. The van der Waals surface area contributed by atoms with Crippen LogP contribution in [0.4, 0.5) is 4.39 Å². The molecule has 0 amide bonds. The number of rotatable bonds is 4. The van der Waals surface area contributed by atoms with Crippen molar-refractivity contribution in [1.82, 2.24) is 10.2 Å². The molecule has 0 aliphatic carbocycles. The Morgan fingerprint density at radius 3 is 2.52 bits per heavy atom. The number of H-pyrrole nitrogens is 1. The number of aromatic carboxylic acids is 1. The first kappa shape index (κ1) is 15.5. The molecule has 0 fully saturated rings. The van der Waals surface area contributed by atoms with Crippen LogP contribution >= 0.6 is 11.8 Å². The Hall–Kier alpha value is -1.87. The fraction of sp³-hybridized carbons (Fsp3) is 0.167. The van der Waals surface area contributed by atoms with E-state index in [2.05, 4.69) is 10.2 Å². The van der Waals surface area contributed by atoms with E-state index in [9.17, 15) is 17.6 Å². The fourth-order valence-electron chi connectivity index (χ4n) is 1.77. The molecule has 0 unspecified atom stereocenters. The van der Waals surface area contributed by atoms with Gasteiger partial charge in [0.25, 0.3) is 0 Å². The number of carbonyl (C=O) groups is 1. The third-order valence-electron chi connectivity index (χ3n) is 2.72. The van der Waals surface area contributed by atoms with E-state index in [4.69, 9.17) is 5.11 Å². The van der Waals surface area contributed by atoms with E-state index in [1.165, 1.54) is 12.1 Å². The lowest BCUT2D eigenvalue weighted by Crippen LogP contribution is -2.02. The van der Waals surface area contributed by atoms with Crippen molar-refractivity contribution in [2.75, 3.05) is 12.5 Å². The van der Waals surface area contributed by atoms with Gasteiger partial charge in [-0.3, -0.25) is 5.10 Å². The van der Waals surface area contributed by atoms with Crippen LogP contribution in [0.2, 0.25) is 0 Å². The van der Waals surface area contributed by atoms with Gasteiger partial charge in [-0.1, -0.05) is 0 Å². The maximum Gasteiger partial charge on any atom is 0.353 e. The van der Waals surface area contributed by atoms with Crippen molar-refractivity contribution in [2.45, 2.75) is 9.79 Å². The van der Waals surface area contributed by atoms with Crippen LogP contribution in [0.15, 0.2) is 28.0 Å². The number of halogens is 1. The lowest BCUT2D eigenvalue weighted by atomic mass is 10.1. The molecule has 2 aromatic rings. The Balaban J connectivity index is 2.65. The molecule has 0 radical (unpaired) electrons. The van der Waals surface area contributed by atoms with Gasteiger partial charge in [0, 0.05) is 11.8 Å². The minimum absolute atomic E-state index is 0.0234. The first-order valence-electron chi connectivity index (χ1n) is 5.60. The molecule has 1 aromatic heterocycles. The van der Waals surface area contributed by atoms with Gasteiger partial charge in [-0.2, -0.15) is 5.10 Å². The summed E-state index contributed by atoms with van der Waals surface area (Å²) in [5, 5.41) is 14.9. The smallest absolute Gasteiger partial charge is 0.353 e. The van der Waals surface area contributed by atoms with Crippen LogP contribution in [-0.4, -0.2) is 42.2 Å². The Kier molecular flexibility index (Phi) is 4.06. The number of thioether (sulfide) groups is 1. The van der Waals surface area contributed by atoms with E-state index in [0.717, 1.165) is 24.1 Å². The molecule has 6 nitrogen and oxygen atoms in total. The minimum atomic E-state index is -3.62. The molecule has 0 atom stereocenters. The number of nitrogens with one attached hydrogen (secondary N) is 1. The van der Waals surface area contributed by atoms with Crippen LogP contribution in [0, 0.1) is 5.82 Å². The van der Waals surface area contributed by atoms with Gasteiger partial charge in [0.2, 0.25) is 0 Å². The summed E-state index contributed by atoms with van der Waals surface area (Å²) in [6.07, 6.45) is 2.56.